The Balaban J connectivity index is 1.26. The van der Waals surface area contributed by atoms with Gasteiger partial charge in [-0.15, -0.1) is 0 Å². The van der Waals surface area contributed by atoms with Gasteiger partial charge in [-0.3, -0.25) is 9.79 Å². The van der Waals surface area contributed by atoms with Gasteiger partial charge < -0.3 is 18.9 Å². The second-order valence-corrected chi connectivity index (χ2v) is 19.8. The van der Waals surface area contributed by atoms with Crippen LogP contribution in [0.2, 0.25) is 0 Å². The third kappa shape index (κ3) is 11.0. The molecule has 1 fully saturated rings. The number of cyclic esters (lactones) is 1. The summed E-state index contributed by atoms with van der Waals surface area (Å²) in [4.78, 5) is 62.1. The Kier molecular flexibility index (Phi) is 16.9. The van der Waals surface area contributed by atoms with Gasteiger partial charge >= 0.3 is 23.7 Å². The average Bonchev–Trinajstić information content (AvgIpc) is 3.97. The summed E-state index contributed by atoms with van der Waals surface area (Å²) in [5.41, 5.74) is 10.7. The minimum atomic E-state index is -2.34. The quantitative estimate of drug-likeness (QED) is 0.0635. The van der Waals surface area contributed by atoms with Gasteiger partial charge in [-0.2, -0.15) is 0 Å². The summed E-state index contributed by atoms with van der Waals surface area (Å²) in [6.07, 6.45) is 21.9. The van der Waals surface area contributed by atoms with Gasteiger partial charge in [0.05, 0.1) is 58.2 Å². The van der Waals surface area contributed by atoms with E-state index < -0.39 is 23.6 Å². The van der Waals surface area contributed by atoms with Crippen molar-refractivity contribution in [2.24, 2.45) is 49.6 Å². The first kappa shape index (κ1) is 51.1. The molecule has 0 unspecified atom stereocenters. The highest BCUT2D eigenvalue weighted by atomic mass is 16.7. The standard InChI is InChI=1S/C56H74N4O7/c1-14-40-36(8)43-29-45-38(10)42(25-26-49(61)66-28-27-35(7)24-18-23-34(6)22-17-21-33(5)20-16-19-32(3)4)52(59-45)51-53-50(54(62)67-56(51,65-13)55(63)64-12)39(11)46(60-53)31-48-41(15-2)37(9)44(58-48)30-47(40)57-43/h14,27,29-34,38,42H,1,15-26,28H2,2-13H3/t33-,34-,38+,42+,56+/m1/s1. The lowest BCUT2D eigenvalue weighted by molar-refractivity contribution is -0.219. The Morgan fingerprint density at radius 1 is 0.836 bits per heavy atom. The number of aliphatic imine (C=N–C) groups is 4. The molecule has 5 atom stereocenters. The molecule has 6 heterocycles. The molecule has 0 aromatic carbocycles. The van der Waals surface area contributed by atoms with E-state index in [0.717, 1.165) is 58.4 Å². The van der Waals surface area contributed by atoms with E-state index >= 15 is 0 Å². The first-order valence-corrected chi connectivity index (χ1v) is 24.7. The molecule has 11 nitrogen and oxygen atoms in total. The number of rotatable bonds is 21. The molecule has 360 valence electrons. The second kappa shape index (κ2) is 22.2. The van der Waals surface area contributed by atoms with E-state index in [4.69, 9.17) is 38.9 Å². The number of carbonyl (C=O) groups excluding carboxylic acids is 3. The molecule has 0 N–H and O–H groups in total. The third-order valence-corrected chi connectivity index (χ3v) is 14.5. The van der Waals surface area contributed by atoms with Crippen LogP contribution in [0.5, 0.6) is 0 Å². The minimum absolute atomic E-state index is 0.0734. The molecule has 1 saturated heterocycles. The van der Waals surface area contributed by atoms with E-state index in [0.29, 0.717) is 52.8 Å². The summed E-state index contributed by atoms with van der Waals surface area (Å²) in [5.74, 6) is -2.86. The molecular weight excluding hydrogens is 841 g/mol. The largest absolute Gasteiger partial charge is 0.464 e. The zero-order valence-corrected chi connectivity index (χ0v) is 42.3. The number of esters is 3. The van der Waals surface area contributed by atoms with Crippen molar-refractivity contribution < 1.29 is 33.3 Å². The fourth-order valence-electron chi connectivity index (χ4n) is 10.2. The third-order valence-electron chi connectivity index (χ3n) is 14.5. The summed E-state index contributed by atoms with van der Waals surface area (Å²) in [5, 5.41) is 0. The molecule has 0 saturated carbocycles. The van der Waals surface area contributed by atoms with Gasteiger partial charge in [0.25, 0.3) is 0 Å². The van der Waals surface area contributed by atoms with Crippen molar-refractivity contribution in [2.45, 2.75) is 152 Å². The number of carbonyl (C=O) groups is 3. The predicted molar refractivity (Wildman–Crippen MR) is 269 cm³/mol. The Hall–Kier alpha value is -5.29. The molecule has 6 aliphatic rings. The summed E-state index contributed by atoms with van der Waals surface area (Å²) in [6.45, 7) is 25.8. The molecule has 0 aromatic rings. The highest BCUT2D eigenvalue weighted by Crippen LogP contribution is 2.48. The van der Waals surface area contributed by atoms with Gasteiger partial charge in [0.1, 0.15) is 6.61 Å². The lowest BCUT2D eigenvalue weighted by atomic mass is 9.80. The monoisotopic (exact) mass is 915 g/mol. The maximum Gasteiger partial charge on any atom is 0.385 e. The van der Waals surface area contributed by atoms with E-state index in [2.05, 4.69) is 48.1 Å². The van der Waals surface area contributed by atoms with Crippen LogP contribution in [0, 0.1) is 29.6 Å². The summed E-state index contributed by atoms with van der Waals surface area (Å²) >= 11 is 0. The van der Waals surface area contributed by atoms with Crippen LogP contribution in [0.4, 0.5) is 0 Å². The molecule has 6 rings (SSSR count). The maximum absolute atomic E-state index is 14.1. The summed E-state index contributed by atoms with van der Waals surface area (Å²) in [7, 11) is 2.50. The van der Waals surface area contributed by atoms with Gasteiger partial charge in [0, 0.05) is 36.7 Å². The van der Waals surface area contributed by atoms with Crippen LogP contribution in [0.1, 0.15) is 146 Å². The molecule has 6 aliphatic heterocycles. The highest BCUT2D eigenvalue weighted by Gasteiger charge is 2.59. The van der Waals surface area contributed by atoms with Gasteiger partial charge in [-0.05, 0) is 118 Å². The van der Waals surface area contributed by atoms with E-state index in [9.17, 15) is 14.4 Å². The molecule has 8 bridgehead atoms. The van der Waals surface area contributed by atoms with Crippen LogP contribution < -0.4 is 0 Å². The molecule has 0 aromatic heterocycles. The molecule has 67 heavy (non-hydrogen) atoms. The Bertz CT molecular complexity index is 2420. The van der Waals surface area contributed by atoms with Gasteiger partial charge in [-0.25, -0.2) is 24.6 Å². The molecule has 0 aliphatic carbocycles. The highest BCUT2D eigenvalue weighted by molar-refractivity contribution is 6.34. The van der Waals surface area contributed by atoms with Crippen molar-refractivity contribution in [3.8, 4) is 0 Å². The first-order chi connectivity index (χ1) is 32.0. The zero-order chi connectivity index (χ0) is 48.7. The zero-order valence-electron chi connectivity index (χ0n) is 42.3. The Morgan fingerprint density at radius 2 is 1.46 bits per heavy atom. The van der Waals surface area contributed by atoms with Gasteiger partial charge in [0.15, 0.2) is 0 Å². The van der Waals surface area contributed by atoms with Crippen LogP contribution in [0.3, 0.4) is 0 Å². The maximum atomic E-state index is 14.1. The van der Waals surface area contributed by atoms with Crippen LogP contribution in [0.25, 0.3) is 0 Å². The molecule has 0 amide bonds. The van der Waals surface area contributed by atoms with Crippen molar-refractivity contribution in [3.05, 3.63) is 104 Å². The number of nitrogens with zero attached hydrogens (tertiary/aromatic N) is 4. The number of hydrogen-bond acceptors (Lipinski definition) is 11. The first-order valence-electron chi connectivity index (χ1n) is 24.7. The van der Waals surface area contributed by atoms with E-state index in [-0.39, 0.29) is 41.8 Å². The Morgan fingerprint density at radius 3 is 2.10 bits per heavy atom. The predicted octanol–water partition coefficient (Wildman–Crippen LogP) is 12.3. The number of fused-ring (bicyclic) bond motifs is 4. The molecule has 11 heteroatoms. The van der Waals surface area contributed by atoms with Crippen molar-refractivity contribution in [3.63, 3.8) is 0 Å². The number of methoxy groups -OCH3 is 2. The Labute approximate surface area is 399 Å². The summed E-state index contributed by atoms with van der Waals surface area (Å²) < 4.78 is 23.1. The number of ether oxygens (including phenoxy) is 4. The lowest BCUT2D eigenvalue weighted by Gasteiger charge is -2.36. The SMILES string of the molecule is C=CC1=C(C)C2=CC3=NC(=C4C5=NC(=CC6=NC(=CC1=N2)C(C)=C6CC)C(C)=C5C(=O)O[C@]4(OC)C(=O)OC)[C@@H](CCC(=O)OCC=C(C)CCC[C@H](C)CCC[C@H](C)CCCC(C)C)[C@@H]3C. The minimum Gasteiger partial charge on any atom is -0.464 e. The number of allylic oxidation sites excluding steroid dienone is 11. The molecule has 0 spiro atoms. The normalized spacial score (nSPS) is 23.4. The van der Waals surface area contributed by atoms with Crippen molar-refractivity contribution in [1.29, 1.82) is 0 Å². The van der Waals surface area contributed by atoms with E-state index in [1.165, 1.54) is 64.7 Å². The van der Waals surface area contributed by atoms with Gasteiger partial charge in [-0.1, -0.05) is 105 Å². The van der Waals surface area contributed by atoms with E-state index in [1.54, 1.807) is 6.92 Å². The molecule has 0 radical (unpaired) electrons. The lowest BCUT2D eigenvalue weighted by Crippen LogP contribution is -2.54. The summed E-state index contributed by atoms with van der Waals surface area (Å²) in [6, 6.07) is 0. The van der Waals surface area contributed by atoms with Crippen molar-refractivity contribution >= 4 is 40.8 Å². The second-order valence-electron chi connectivity index (χ2n) is 19.8. The van der Waals surface area contributed by atoms with Crippen LogP contribution in [0.15, 0.2) is 124 Å². The number of hydrogen-bond donors (Lipinski definition) is 0. The van der Waals surface area contributed by atoms with Crippen LogP contribution in [-0.2, 0) is 33.3 Å². The van der Waals surface area contributed by atoms with Crippen molar-refractivity contribution in [1.82, 2.24) is 0 Å². The van der Waals surface area contributed by atoms with Crippen LogP contribution in [-0.4, -0.2) is 67.4 Å². The van der Waals surface area contributed by atoms with Gasteiger partial charge in [0.2, 0.25) is 0 Å². The fourth-order valence-corrected chi connectivity index (χ4v) is 10.2. The fraction of sp³-hybridized carbons (Fsp3) is 0.554. The topological polar surface area (TPSA) is 138 Å². The van der Waals surface area contributed by atoms with E-state index in [1.807, 2.05) is 51.2 Å². The van der Waals surface area contributed by atoms with Crippen LogP contribution >= 0.6 is 0 Å². The average molecular weight is 915 g/mol. The molecular formula is C56H74N4O7. The van der Waals surface area contributed by atoms with Crippen molar-refractivity contribution in [2.75, 3.05) is 20.8 Å². The smallest absolute Gasteiger partial charge is 0.385 e.